The maximum atomic E-state index is 14.2. The average Bonchev–Trinajstić information content (AvgIpc) is 3.32. The molecule has 1 saturated carbocycles. The minimum Gasteiger partial charge on any atom is -0.411 e. The van der Waals surface area contributed by atoms with Crippen LogP contribution in [-0.2, 0) is 37.3 Å². The van der Waals surface area contributed by atoms with Crippen LogP contribution in [-0.4, -0.2) is 40.8 Å². The van der Waals surface area contributed by atoms with Gasteiger partial charge in [-0.25, -0.2) is 4.98 Å². The quantitative estimate of drug-likeness (QED) is 0.209. The molecule has 0 spiro atoms. The van der Waals surface area contributed by atoms with Gasteiger partial charge in [0.25, 0.3) is 0 Å². The molecule has 1 saturated heterocycles. The normalized spacial score (nSPS) is 19.2. The number of halogens is 3. The molecule has 5 rings (SSSR count). The van der Waals surface area contributed by atoms with Gasteiger partial charge in [-0.1, -0.05) is 46.2 Å². The first-order valence-corrected chi connectivity index (χ1v) is 19.8. The Bertz CT molecular complexity index is 1480. The highest BCUT2D eigenvalue weighted by molar-refractivity contribution is 6.74. The van der Waals surface area contributed by atoms with Gasteiger partial charge >= 0.3 is 6.18 Å². The summed E-state index contributed by atoms with van der Waals surface area (Å²) in [6.07, 6.45) is 4.93. The molecule has 1 aliphatic carbocycles. The first-order chi connectivity index (χ1) is 21.6. The number of aromatic nitrogens is 3. The van der Waals surface area contributed by atoms with Crippen LogP contribution in [0.4, 0.5) is 18.9 Å². The van der Waals surface area contributed by atoms with E-state index in [9.17, 15) is 13.2 Å². The van der Waals surface area contributed by atoms with Crippen LogP contribution in [0.15, 0.2) is 42.7 Å². The van der Waals surface area contributed by atoms with Crippen molar-refractivity contribution < 1.29 is 17.6 Å². The van der Waals surface area contributed by atoms with Crippen molar-refractivity contribution in [1.29, 1.82) is 0 Å². The van der Waals surface area contributed by atoms with Crippen molar-refractivity contribution >= 4 is 14.0 Å². The number of aryl methyl sites for hydroxylation is 1. The average molecular weight is 656 g/mol. The predicted octanol–water partition coefficient (Wildman–Crippen LogP) is 9.13. The molecule has 2 aliphatic rings. The number of rotatable bonds is 11. The number of benzene rings is 1. The topological polar surface area (TPSA) is 55.2 Å². The lowest BCUT2D eigenvalue weighted by Crippen LogP contribution is -2.40. The minimum atomic E-state index is -4.48. The third kappa shape index (κ3) is 8.23. The van der Waals surface area contributed by atoms with E-state index < -0.39 is 20.1 Å². The van der Waals surface area contributed by atoms with Gasteiger partial charge in [0, 0.05) is 44.1 Å². The Hall–Kier alpha value is -2.69. The number of alkyl halides is 3. The minimum absolute atomic E-state index is 0.00916. The van der Waals surface area contributed by atoms with Crippen molar-refractivity contribution in [2.24, 2.45) is 18.9 Å². The zero-order valence-electron chi connectivity index (χ0n) is 28.7. The molecule has 0 radical (unpaired) electrons. The van der Waals surface area contributed by atoms with Crippen LogP contribution in [0.5, 0.6) is 0 Å². The van der Waals surface area contributed by atoms with E-state index in [1.54, 1.807) is 6.20 Å². The number of anilines is 1. The van der Waals surface area contributed by atoms with E-state index in [0.717, 1.165) is 55.1 Å². The summed E-state index contributed by atoms with van der Waals surface area (Å²) in [4.78, 5) is 11.7. The van der Waals surface area contributed by atoms with Crippen molar-refractivity contribution in [3.8, 4) is 0 Å². The fraction of sp³-hybridized carbons (Fsp3) is 0.611. The summed E-state index contributed by atoms with van der Waals surface area (Å²) in [7, 11) is 0.131. The van der Waals surface area contributed by atoms with E-state index in [2.05, 4.69) is 78.9 Å². The molecule has 6 nitrogen and oxygen atoms in total. The highest BCUT2D eigenvalue weighted by Gasteiger charge is 2.38. The molecular formula is C36H52F3N5OSi. The largest absolute Gasteiger partial charge is 0.418 e. The molecular weight excluding hydrogens is 604 g/mol. The molecule has 1 aromatic carbocycles. The molecule has 2 fully saturated rings. The summed E-state index contributed by atoms with van der Waals surface area (Å²) < 4.78 is 51.2. The Morgan fingerprint density at radius 1 is 1.09 bits per heavy atom. The third-order valence-corrected chi connectivity index (χ3v) is 14.9. The monoisotopic (exact) mass is 655 g/mol. The smallest absolute Gasteiger partial charge is 0.411 e. The molecule has 252 valence electrons. The fourth-order valence-corrected chi connectivity index (χ4v) is 7.45. The lowest BCUT2D eigenvalue weighted by atomic mass is 9.72. The maximum absolute atomic E-state index is 14.2. The number of nitrogens with zero attached hydrogens (tertiary/aromatic N) is 4. The first kappa shape index (κ1) is 34.6. The molecule has 10 heteroatoms. The molecule has 3 aromatic rings. The van der Waals surface area contributed by atoms with Crippen LogP contribution >= 0.6 is 0 Å². The number of imidazole rings is 1. The highest BCUT2D eigenvalue weighted by atomic mass is 28.4. The molecule has 3 heterocycles. The van der Waals surface area contributed by atoms with Gasteiger partial charge in [0.1, 0.15) is 5.82 Å². The number of nitrogens with one attached hydrogen (secondary N) is 1. The van der Waals surface area contributed by atoms with E-state index in [0.29, 0.717) is 30.6 Å². The van der Waals surface area contributed by atoms with Crippen molar-refractivity contribution in [1.82, 2.24) is 19.4 Å². The molecule has 2 atom stereocenters. The number of likely N-dealkylation sites (tertiary alicyclic amines) is 1. The molecule has 1 unspecified atom stereocenters. The van der Waals surface area contributed by atoms with Gasteiger partial charge in [-0.2, -0.15) is 13.2 Å². The predicted molar refractivity (Wildman–Crippen MR) is 181 cm³/mol. The Balaban J connectivity index is 1.32. The molecule has 46 heavy (non-hydrogen) atoms. The summed E-state index contributed by atoms with van der Waals surface area (Å²) in [5, 5.41) is 3.38. The number of piperidine rings is 1. The number of hydrogen-bond acceptors (Lipinski definition) is 5. The van der Waals surface area contributed by atoms with E-state index in [4.69, 9.17) is 9.41 Å². The molecule has 0 bridgehead atoms. The molecule has 2 aromatic heterocycles. The third-order valence-electron chi connectivity index (χ3n) is 10.4. The number of pyridine rings is 1. The lowest BCUT2D eigenvalue weighted by Gasteiger charge is -2.35. The first-order valence-electron chi connectivity index (χ1n) is 16.9. The van der Waals surface area contributed by atoms with Gasteiger partial charge in [0.05, 0.1) is 30.1 Å². The molecule has 1 aliphatic heterocycles. The summed E-state index contributed by atoms with van der Waals surface area (Å²) >= 11 is 0. The van der Waals surface area contributed by atoms with E-state index >= 15 is 0 Å². The van der Waals surface area contributed by atoms with E-state index in [-0.39, 0.29) is 23.2 Å². The van der Waals surface area contributed by atoms with Crippen molar-refractivity contribution in [2.75, 3.05) is 18.4 Å². The Labute approximate surface area is 274 Å². The highest BCUT2D eigenvalue weighted by Crippen LogP contribution is 2.44. The van der Waals surface area contributed by atoms with Gasteiger partial charge in [-0.15, -0.1) is 0 Å². The summed E-state index contributed by atoms with van der Waals surface area (Å²) in [5.74, 6) is 2.14. The fourth-order valence-electron chi connectivity index (χ4n) is 6.50. The zero-order valence-corrected chi connectivity index (χ0v) is 29.7. The van der Waals surface area contributed by atoms with Crippen LogP contribution in [0.25, 0.3) is 0 Å². The van der Waals surface area contributed by atoms with E-state index in [1.165, 1.54) is 18.9 Å². The molecule has 0 amide bonds. The Morgan fingerprint density at radius 2 is 1.85 bits per heavy atom. The van der Waals surface area contributed by atoms with Crippen LogP contribution in [0.1, 0.15) is 99.6 Å². The SMILES string of the molecule is C[C@H]1CCCN(Cc2cnc(CNc3cccc(C(c4nc(CO[Si](C)(C)C(C)(C)C)cn4C)C4CCC4)c3)c(C(F)(F)F)c2)C1. The Kier molecular flexibility index (Phi) is 10.4. The van der Waals surface area contributed by atoms with Crippen LogP contribution < -0.4 is 5.32 Å². The zero-order chi connectivity index (χ0) is 33.3. The van der Waals surface area contributed by atoms with Gasteiger partial charge in [0.15, 0.2) is 8.32 Å². The number of hydrogen-bond donors (Lipinski definition) is 1. The van der Waals surface area contributed by atoms with Crippen LogP contribution in [0.2, 0.25) is 18.1 Å². The Morgan fingerprint density at radius 3 is 2.50 bits per heavy atom. The van der Waals surface area contributed by atoms with Crippen molar-refractivity contribution in [3.05, 3.63) is 76.6 Å². The second kappa shape index (κ2) is 13.8. The standard InChI is InChI=1S/C36H52F3N5OSi/c1-25-11-10-16-44(21-25)22-26-17-31(36(37,38)39)32(41-19-26)20-40-29-15-9-14-28(18-29)33(27-12-8-13-27)34-42-30(23-43(34)5)24-45-46(6,7)35(2,3)4/h9,14-15,17-19,23,25,27,33,40H,8,10-13,16,20-22,24H2,1-7H3/t25-,33?/m0/s1. The van der Waals surface area contributed by atoms with Gasteiger partial charge in [-0.05, 0) is 91.5 Å². The summed E-state index contributed by atoms with van der Waals surface area (Å²) in [6.45, 7) is 16.2. The summed E-state index contributed by atoms with van der Waals surface area (Å²) in [5.41, 5.74) is 2.80. The van der Waals surface area contributed by atoms with Gasteiger partial charge in [-0.3, -0.25) is 9.88 Å². The second-order valence-electron chi connectivity index (χ2n) is 15.2. The molecule has 1 N–H and O–H groups in total. The lowest BCUT2D eigenvalue weighted by molar-refractivity contribution is -0.138. The second-order valence-corrected chi connectivity index (χ2v) is 20.0. The van der Waals surface area contributed by atoms with Crippen molar-refractivity contribution in [3.63, 3.8) is 0 Å². The van der Waals surface area contributed by atoms with Crippen molar-refractivity contribution in [2.45, 2.75) is 110 Å². The van der Waals surface area contributed by atoms with E-state index in [1.807, 2.05) is 19.2 Å². The van der Waals surface area contributed by atoms with Gasteiger partial charge < -0.3 is 14.3 Å². The maximum Gasteiger partial charge on any atom is 0.418 e. The van der Waals surface area contributed by atoms with Gasteiger partial charge in [0.2, 0.25) is 0 Å². The summed E-state index contributed by atoms with van der Waals surface area (Å²) in [6, 6.07) is 9.37. The van der Waals surface area contributed by atoms with Crippen LogP contribution in [0.3, 0.4) is 0 Å². The van der Waals surface area contributed by atoms with Crippen LogP contribution in [0, 0.1) is 11.8 Å².